The number of carbonyl (C=O) groups is 2. The fourth-order valence-electron chi connectivity index (χ4n) is 3.68. The van der Waals surface area contributed by atoms with E-state index in [1.807, 2.05) is 18.2 Å². The molecule has 1 heterocycles. The quantitative estimate of drug-likeness (QED) is 0.417. The van der Waals surface area contributed by atoms with Crippen molar-refractivity contribution in [3.63, 3.8) is 0 Å². The number of Topliss-reactive ketones (excluding diaryl/α,β-unsaturated/α-hetero) is 1. The molecule has 2 aliphatic rings. The van der Waals surface area contributed by atoms with Gasteiger partial charge >= 0.3 is 5.97 Å². The summed E-state index contributed by atoms with van der Waals surface area (Å²) in [7, 11) is 3.07. The summed E-state index contributed by atoms with van der Waals surface area (Å²) in [5.41, 5.74) is 2.54. The second-order valence-electron chi connectivity index (χ2n) is 7.18. The first-order valence-electron chi connectivity index (χ1n) is 9.34. The van der Waals surface area contributed by atoms with Gasteiger partial charge in [-0.05, 0) is 29.7 Å². The van der Waals surface area contributed by atoms with Crippen LogP contribution in [0.5, 0.6) is 11.5 Å². The molecule has 1 aliphatic heterocycles. The molecule has 0 bridgehead atoms. The van der Waals surface area contributed by atoms with E-state index in [9.17, 15) is 9.59 Å². The molecule has 1 fully saturated rings. The summed E-state index contributed by atoms with van der Waals surface area (Å²) in [6.45, 7) is 2.06. The van der Waals surface area contributed by atoms with Gasteiger partial charge in [-0.1, -0.05) is 30.3 Å². The van der Waals surface area contributed by atoms with Crippen LogP contribution in [-0.2, 0) is 22.5 Å². The van der Waals surface area contributed by atoms with E-state index in [1.165, 1.54) is 12.7 Å². The van der Waals surface area contributed by atoms with E-state index in [1.54, 1.807) is 19.2 Å². The van der Waals surface area contributed by atoms with Crippen molar-refractivity contribution >= 4 is 11.8 Å². The van der Waals surface area contributed by atoms with E-state index >= 15 is 0 Å². The molecular weight excluding hydrogens is 358 g/mol. The average molecular weight is 381 g/mol. The summed E-state index contributed by atoms with van der Waals surface area (Å²) in [5, 5.41) is 0. The Morgan fingerprint density at radius 3 is 2.54 bits per heavy atom. The van der Waals surface area contributed by atoms with Crippen molar-refractivity contribution in [2.75, 3.05) is 27.4 Å². The summed E-state index contributed by atoms with van der Waals surface area (Å²) in [4.78, 5) is 27.4. The van der Waals surface area contributed by atoms with Gasteiger partial charge in [-0.15, -0.1) is 0 Å². The van der Waals surface area contributed by atoms with E-state index in [-0.39, 0.29) is 11.8 Å². The van der Waals surface area contributed by atoms with E-state index in [4.69, 9.17) is 14.2 Å². The molecule has 146 valence electrons. The van der Waals surface area contributed by atoms with E-state index in [0.29, 0.717) is 30.1 Å². The van der Waals surface area contributed by atoms with Crippen molar-refractivity contribution in [3.05, 3.63) is 59.2 Å². The normalized spacial score (nSPS) is 22.5. The number of carbonyl (C=O) groups excluding carboxylic acids is 2. The number of fused-ring (bicyclic) bond motifs is 1. The fourth-order valence-corrected chi connectivity index (χ4v) is 3.68. The molecule has 0 N–H and O–H groups in total. The highest BCUT2D eigenvalue weighted by Crippen LogP contribution is 2.37. The molecule has 1 saturated heterocycles. The lowest BCUT2D eigenvalue weighted by molar-refractivity contribution is -0.146. The van der Waals surface area contributed by atoms with Crippen molar-refractivity contribution in [1.29, 1.82) is 0 Å². The second-order valence-corrected chi connectivity index (χ2v) is 7.18. The van der Waals surface area contributed by atoms with Gasteiger partial charge in [0.2, 0.25) is 0 Å². The first-order valence-corrected chi connectivity index (χ1v) is 9.34. The molecule has 28 heavy (non-hydrogen) atoms. The lowest BCUT2D eigenvalue weighted by Crippen LogP contribution is -2.25. The predicted molar refractivity (Wildman–Crippen MR) is 103 cm³/mol. The zero-order chi connectivity index (χ0) is 19.7. The van der Waals surface area contributed by atoms with Crippen LogP contribution in [0.3, 0.4) is 0 Å². The minimum absolute atomic E-state index is 0.210. The smallest absolute Gasteiger partial charge is 0.317 e. The Kier molecular flexibility index (Phi) is 5.05. The van der Waals surface area contributed by atoms with Crippen LogP contribution in [0, 0.1) is 5.92 Å². The molecule has 0 aromatic heterocycles. The number of rotatable bonds is 7. The van der Waals surface area contributed by atoms with Gasteiger partial charge in [-0.2, -0.15) is 0 Å². The maximum Gasteiger partial charge on any atom is 0.317 e. The van der Waals surface area contributed by atoms with Crippen LogP contribution in [0.15, 0.2) is 42.5 Å². The molecule has 2 aromatic rings. The number of esters is 1. The fraction of sp³-hybridized carbons (Fsp3) is 0.364. The Bertz CT molecular complexity index is 895. The third-order valence-corrected chi connectivity index (χ3v) is 5.37. The Labute approximate surface area is 164 Å². The van der Waals surface area contributed by atoms with Crippen LogP contribution >= 0.6 is 0 Å². The molecule has 3 atom stereocenters. The lowest BCUT2D eigenvalue weighted by atomic mass is 10.1. The van der Waals surface area contributed by atoms with Gasteiger partial charge in [0.05, 0.1) is 20.3 Å². The lowest BCUT2D eigenvalue weighted by Gasteiger charge is -2.09. The maximum absolute atomic E-state index is 12.7. The topological polar surface area (TPSA) is 64.8 Å². The van der Waals surface area contributed by atoms with Crippen LogP contribution in [0.2, 0.25) is 0 Å². The molecule has 6 nitrogen and oxygen atoms in total. The second kappa shape index (κ2) is 7.64. The Morgan fingerprint density at radius 2 is 1.82 bits per heavy atom. The van der Waals surface area contributed by atoms with Crippen LogP contribution in [0.25, 0.3) is 0 Å². The number of benzene rings is 2. The summed E-state index contributed by atoms with van der Waals surface area (Å²) in [6, 6.07) is 13.8. The van der Waals surface area contributed by atoms with Crippen molar-refractivity contribution in [1.82, 2.24) is 4.90 Å². The van der Waals surface area contributed by atoms with Gasteiger partial charge < -0.3 is 14.2 Å². The molecule has 3 unspecified atom stereocenters. The van der Waals surface area contributed by atoms with E-state index in [2.05, 4.69) is 17.0 Å². The molecular formula is C22H23NO5. The highest BCUT2D eigenvalue weighted by atomic mass is 16.5. The molecule has 0 spiro atoms. The number of nitrogens with zero attached hydrogens (tertiary/aromatic N) is 1. The average Bonchev–Trinajstić information content (AvgIpc) is 3.38. The summed E-state index contributed by atoms with van der Waals surface area (Å²) < 4.78 is 16.0. The zero-order valence-corrected chi connectivity index (χ0v) is 16.0. The van der Waals surface area contributed by atoms with Gasteiger partial charge in [-0.25, -0.2) is 0 Å². The van der Waals surface area contributed by atoms with Gasteiger partial charge in [0.15, 0.2) is 17.3 Å². The first-order chi connectivity index (χ1) is 13.6. The summed E-state index contributed by atoms with van der Waals surface area (Å²) in [5.74, 6) is -0.410. The first kappa shape index (κ1) is 18.5. The van der Waals surface area contributed by atoms with Crippen molar-refractivity contribution in [2.45, 2.75) is 19.0 Å². The molecule has 0 saturated carbocycles. The Morgan fingerprint density at radius 1 is 1.11 bits per heavy atom. The molecule has 4 rings (SSSR count). The van der Waals surface area contributed by atoms with Gasteiger partial charge in [-0.3, -0.25) is 14.5 Å². The maximum atomic E-state index is 12.7. The minimum Gasteiger partial charge on any atom is -0.493 e. The summed E-state index contributed by atoms with van der Waals surface area (Å²) >= 11 is 0. The molecule has 0 amide bonds. The molecule has 6 heteroatoms. The Balaban J connectivity index is 1.33. The standard InChI is InChI=1S/C22H23NO5/c1-26-19-9-15-8-18(21(24)17(15)10-20(19)27-2)22(25)28-13-16-12-23(16)11-14-6-4-3-5-7-14/h3-7,9-10,16,18H,8,11-13H2,1-2H3. The summed E-state index contributed by atoms with van der Waals surface area (Å²) in [6.07, 6.45) is 0.339. The third-order valence-electron chi connectivity index (χ3n) is 5.37. The van der Waals surface area contributed by atoms with Crippen molar-refractivity contribution in [2.24, 2.45) is 5.92 Å². The number of ketones is 1. The van der Waals surface area contributed by atoms with Gasteiger partial charge in [0.25, 0.3) is 0 Å². The van der Waals surface area contributed by atoms with Crippen LogP contribution in [0.4, 0.5) is 0 Å². The SMILES string of the molecule is COc1cc2c(cc1OC)C(=O)C(C(=O)OCC1CN1Cc1ccccc1)C2. The monoisotopic (exact) mass is 381 g/mol. The van der Waals surface area contributed by atoms with Crippen LogP contribution < -0.4 is 9.47 Å². The highest BCUT2D eigenvalue weighted by molar-refractivity contribution is 6.12. The minimum atomic E-state index is -0.784. The number of ether oxygens (including phenoxy) is 3. The third kappa shape index (κ3) is 3.60. The van der Waals surface area contributed by atoms with Crippen molar-refractivity contribution < 1.29 is 23.8 Å². The van der Waals surface area contributed by atoms with E-state index < -0.39 is 11.9 Å². The van der Waals surface area contributed by atoms with Gasteiger partial charge in [0.1, 0.15) is 12.5 Å². The molecule has 2 aromatic carbocycles. The molecule has 0 radical (unpaired) electrons. The number of hydrogen-bond acceptors (Lipinski definition) is 6. The predicted octanol–water partition coefficient (Wildman–Crippen LogP) is 2.49. The molecule has 1 aliphatic carbocycles. The van der Waals surface area contributed by atoms with Gasteiger partial charge in [0, 0.05) is 18.7 Å². The zero-order valence-electron chi connectivity index (χ0n) is 16.0. The van der Waals surface area contributed by atoms with E-state index in [0.717, 1.165) is 18.7 Å². The largest absolute Gasteiger partial charge is 0.493 e. The van der Waals surface area contributed by atoms with Crippen LogP contribution in [0.1, 0.15) is 21.5 Å². The number of methoxy groups -OCH3 is 2. The van der Waals surface area contributed by atoms with Crippen molar-refractivity contribution in [3.8, 4) is 11.5 Å². The Hall–Kier alpha value is -2.86. The van der Waals surface area contributed by atoms with Crippen LogP contribution in [-0.4, -0.2) is 50.1 Å². The number of hydrogen-bond donors (Lipinski definition) is 0. The highest BCUT2D eigenvalue weighted by Gasteiger charge is 2.40.